The van der Waals surface area contributed by atoms with E-state index in [1.165, 1.54) is 4.90 Å². The Morgan fingerprint density at radius 2 is 1.60 bits per heavy atom. The van der Waals surface area contributed by atoms with Crippen molar-refractivity contribution in [2.75, 3.05) is 19.0 Å². The van der Waals surface area contributed by atoms with Crippen LogP contribution >= 0.6 is 0 Å². The van der Waals surface area contributed by atoms with Gasteiger partial charge in [0.25, 0.3) is 5.91 Å². The lowest BCUT2D eigenvalue weighted by molar-refractivity contribution is -0.577. The summed E-state index contributed by atoms with van der Waals surface area (Å²) in [6.45, 7) is 2.14. The highest BCUT2D eigenvalue weighted by molar-refractivity contribution is 6.30. The molecule has 0 spiro atoms. The molecule has 1 aliphatic heterocycles. The van der Waals surface area contributed by atoms with Crippen molar-refractivity contribution in [1.82, 2.24) is 4.90 Å². The van der Waals surface area contributed by atoms with Gasteiger partial charge in [0.2, 0.25) is 0 Å². The Hall–Kier alpha value is -4.17. The SMILES string of the molecule is CCOC(=O)c1ccc(NC2=C([n+]3ccccc3)C(=O)N(Cc3ccc(OC)cc3)C2=O)cc1.[Cl-]. The average molecular weight is 494 g/mol. The number of benzene rings is 2. The van der Waals surface area contributed by atoms with Gasteiger partial charge in [0.1, 0.15) is 5.75 Å². The number of esters is 1. The molecule has 0 saturated heterocycles. The molecule has 2 heterocycles. The Morgan fingerprint density at radius 3 is 2.20 bits per heavy atom. The molecule has 0 bridgehead atoms. The average Bonchev–Trinajstić information content (AvgIpc) is 3.09. The number of carbonyl (C=O) groups is 3. The second-order valence-corrected chi connectivity index (χ2v) is 7.47. The Labute approximate surface area is 209 Å². The first-order chi connectivity index (χ1) is 16.5. The fourth-order valence-electron chi connectivity index (χ4n) is 3.57. The third kappa shape index (κ3) is 5.50. The van der Waals surface area contributed by atoms with Gasteiger partial charge < -0.3 is 27.2 Å². The molecule has 35 heavy (non-hydrogen) atoms. The van der Waals surface area contributed by atoms with E-state index in [1.807, 2.05) is 18.2 Å². The fraction of sp³-hybridized carbons (Fsp3) is 0.154. The van der Waals surface area contributed by atoms with Crippen molar-refractivity contribution in [2.24, 2.45) is 0 Å². The number of nitrogens with zero attached hydrogens (tertiary/aromatic N) is 2. The molecule has 0 radical (unpaired) electrons. The Kier molecular flexibility index (Phi) is 8.22. The molecule has 3 aromatic rings. The lowest BCUT2D eigenvalue weighted by atomic mass is 10.2. The number of carbonyl (C=O) groups excluding carboxylic acids is 3. The molecule has 0 aliphatic carbocycles. The Balaban J connectivity index is 0.00000342. The van der Waals surface area contributed by atoms with Gasteiger partial charge in [-0.15, -0.1) is 0 Å². The van der Waals surface area contributed by atoms with E-state index < -0.39 is 17.8 Å². The largest absolute Gasteiger partial charge is 1.00 e. The van der Waals surface area contributed by atoms with E-state index in [-0.39, 0.29) is 37.0 Å². The first-order valence-corrected chi connectivity index (χ1v) is 10.8. The van der Waals surface area contributed by atoms with Gasteiger partial charge in [0.15, 0.2) is 18.1 Å². The number of amides is 2. The number of hydrogen-bond acceptors (Lipinski definition) is 6. The topological polar surface area (TPSA) is 88.8 Å². The molecular weight excluding hydrogens is 470 g/mol. The molecule has 9 heteroatoms. The summed E-state index contributed by atoms with van der Waals surface area (Å²) < 4.78 is 11.8. The summed E-state index contributed by atoms with van der Waals surface area (Å²) in [6.07, 6.45) is 3.42. The number of pyridine rings is 1. The van der Waals surface area contributed by atoms with E-state index in [2.05, 4.69) is 5.32 Å². The van der Waals surface area contributed by atoms with Gasteiger partial charge in [-0.3, -0.25) is 14.5 Å². The van der Waals surface area contributed by atoms with Crippen LogP contribution in [0, 0.1) is 0 Å². The first-order valence-electron chi connectivity index (χ1n) is 10.8. The summed E-state index contributed by atoms with van der Waals surface area (Å²) in [5.41, 5.74) is 2.12. The van der Waals surface area contributed by atoms with Crippen LogP contribution in [0.1, 0.15) is 22.8 Å². The van der Waals surface area contributed by atoms with Crippen LogP contribution in [0.25, 0.3) is 5.70 Å². The minimum atomic E-state index is -0.443. The fourth-order valence-corrected chi connectivity index (χ4v) is 3.57. The van der Waals surface area contributed by atoms with E-state index in [9.17, 15) is 14.4 Å². The van der Waals surface area contributed by atoms with Crippen molar-refractivity contribution in [3.05, 3.63) is 95.9 Å². The highest BCUT2D eigenvalue weighted by atomic mass is 35.5. The number of halogens is 1. The number of aromatic nitrogens is 1. The van der Waals surface area contributed by atoms with Gasteiger partial charge in [0.05, 0.1) is 25.8 Å². The number of anilines is 1. The first kappa shape index (κ1) is 25.5. The molecule has 180 valence electrons. The van der Waals surface area contributed by atoms with Crippen molar-refractivity contribution >= 4 is 29.2 Å². The maximum Gasteiger partial charge on any atom is 0.338 e. The molecule has 1 N–H and O–H groups in total. The molecule has 0 atom stereocenters. The predicted molar refractivity (Wildman–Crippen MR) is 124 cm³/mol. The van der Waals surface area contributed by atoms with Crippen LogP contribution in [0.15, 0.2) is 84.8 Å². The van der Waals surface area contributed by atoms with Crippen LogP contribution < -0.4 is 27.0 Å². The van der Waals surface area contributed by atoms with E-state index in [1.54, 1.807) is 79.5 Å². The molecule has 2 aromatic carbocycles. The summed E-state index contributed by atoms with van der Waals surface area (Å²) in [7, 11) is 1.58. The molecule has 8 nitrogen and oxygen atoms in total. The summed E-state index contributed by atoms with van der Waals surface area (Å²) in [5.74, 6) is -0.592. The van der Waals surface area contributed by atoms with Gasteiger partial charge in [-0.2, -0.15) is 4.57 Å². The third-order valence-corrected chi connectivity index (χ3v) is 5.28. The van der Waals surface area contributed by atoms with Gasteiger partial charge in [-0.1, -0.05) is 18.2 Å². The molecule has 1 aromatic heterocycles. The lowest BCUT2D eigenvalue weighted by Crippen LogP contribution is -3.00. The number of ether oxygens (including phenoxy) is 2. The van der Waals surface area contributed by atoms with E-state index in [0.717, 1.165) is 5.56 Å². The van der Waals surface area contributed by atoms with Gasteiger partial charge in [-0.05, 0) is 48.9 Å². The van der Waals surface area contributed by atoms with Crippen LogP contribution in [-0.2, 0) is 20.9 Å². The molecule has 1 aliphatic rings. The van der Waals surface area contributed by atoms with Gasteiger partial charge in [-0.25, -0.2) is 4.79 Å². The van der Waals surface area contributed by atoms with Crippen molar-refractivity contribution in [2.45, 2.75) is 13.5 Å². The molecule has 4 rings (SSSR count). The standard InChI is InChI=1S/C26H23N3O5.ClH/c1-3-34-26(32)19-9-11-20(12-10-19)27-22-23(28-15-5-4-6-16-28)25(31)29(24(22)30)17-18-7-13-21(33-2)14-8-18;/h4-16H,3,17H2,1-2H3;1H. The quantitative estimate of drug-likeness (QED) is 0.270. The minimum Gasteiger partial charge on any atom is -1.00 e. The molecule has 0 unspecified atom stereocenters. The van der Waals surface area contributed by atoms with Crippen LogP contribution in [0.2, 0.25) is 0 Å². The predicted octanol–water partition coefficient (Wildman–Crippen LogP) is 0.0131. The van der Waals surface area contributed by atoms with Crippen molar-refractivity contribution in [1.29, 1.82) is 0 Å². The van der Waals surface area contributed by atoms with Crippen LogP contribution in [-0.4, -0.2) is 36.4 Å². The number of nitrogens with one attached hydrogen (secondary N) is 1. The third-order valence-electron chi connectivity index (χ3n) is 5.28. The zero-order valence-electron chi connectivity index (χ0n) is 19.2. The van der Waals surface area contributed by atoms with Crippen molar-refractivity contribution < 1.29 is 40.8 Å². The number of methoxy groups -OCH3 is 1. The summed E-state index contributed by atoms with van der Waals surface area (Å²) in [4.78, 5) is 39.8. The normalized spacial score (nSPS) is 12.9. The number of hydrogen-bond donors (Lipinski definition) is 1. The van der Waals surface area contributed by atoms with Crippen molar-refractivity contribution in [3.63, 3.8) is 0 Å². The Bertz CT molecular complexity index is 1240. The second kappa shape index (κ2) is 11.3. The molecule has 2 amide bonds. The highest BCUT2D eigenvalue weighted by Crippen LogP contribution is 2.25. The maximum atomic E-state index is 13.4. The number of imide groups is 1. The van der Waals surface area contributed by atoms with E-state index in [4.69, 9.17) is 9.47 Å². The summed E-state index contributed by atoms with van der Waals surface area (Å²) in [6, 6.07) is 19.1. The monoisotopic (exact) mass is 493 g/mol. The Morgan fingerprint density at radius 1 is 0.943 bits per heavy atom. The summed E-state index contributed by atoms with van der Waals surface area (Å²) in [5, 5.41) is 3.08. The van der Waals surface area contributed by atoms with Crippen LogP contribution in [0.4, 0.5) is 5.69 Å². The van der Waals surface area contributed by atoms with Crippen molar-refractivity contribution in [3.8, 4) is 5.75 Å². The molecule has 0 saturated carbocycles. The zero-order valence-corrected chi connectivity index (χ0v) is 20.0. The van der Waals surface area contributed by atoms with E-state index in [0.29, 0.717) is 17.0 Å². The highest BCUT2D eigenvalue weighted by Gasteiger charge is 2.44. The van der Waals surface area contributed by atoms with Gasteiger partial charge in [0, 0.05) is 17.8 Å². The smallest absolute Gasteiger partial charge is 0.338 e. The summed E-state index contributed by atoms with van der Waals surface area (Å²) >= 11 is 0. The van der Waals surface area contributed by atoms with Crippen LogP contribution in [0.3, 0.4) is 0 Å². The second-order valence-electron chi connectivity index (χ2n) is 7.47. The molecule has 0 fully saturated rings. The number of rotatable bonds is 8. The molecular formula is C26H24ClN3O5. The maximum absolute atomic E-state index is 13.4. The van der Waals surface area contributed by atoms with Crippen LogP contribution in [0.5, 0.6) is 5.75 Å². The lowest BCUT2D eigenvalue weighted by Gasteiger charge is -2.14. The van der Waals surface area contributed by atoms with Gasteiger partial charge >= 0.3 is 17.6 Å². The zero-order chi connectivity index (χ0) is 24.1. The minimum absolute atomic E-state index is 0. The van der Waals surface area contributed by atoms with E-state index >= 15 is 0 Å².